The van der Waals surface area contributed by atoms with Gasteiger partial charge in [-0.3, -0.25) is 4.79 Å². The summed E-state index contributed by atoms with van der Waals surface area (Å²) in [4.78, 5) is 13.3. The van der Waals surface area contributed by atoms with E-state index in [1.54, 1.807) is 37.4 Å². The van der Waals surface area contributed by atoms with Gasteiger partial charge in [-0.2, -0.15) is 4.31 Å². The van der Waals surface area contributed by atoms with Crippen LogP contribution in [0.3, 0.4) is 0 Å². The molecule has 0 spiro atoms. The number of anilines is 1. The molecule has 0 saturated carbocycles. The van der Waals surface area contributed by atoms with E-state index in [1.807, 2.05) is 54.6 Å². The second-order valence-corrected chi connectivity index (χ2v) is 10.2. The molecule has 1 amide bonds. The average molecular weight is 473 g/mol. The van der Waals surface area contributed by atoms with Crippen molar-refractivity contribution in [3.05, 3.63) is 102 Å². The molecule has 0 bridgehead atoms. The van der Waals surface area contributed by atoms with Crippen molar-refractivity contribution >= 4 is 32.4 Å². The maximum Gasteiger partial charge on any atom is 0.256 e. The first kappa shape index (κ1) is 22.1. The van der Waals surface area contributed by atoms with Crippen LogP contribution in [-0.4, -0.2) is 32.3 Å². The molecule has 0 aromatic heterocycles. The van der Waals surface area contributed by atoms with Crippen LogP contribution in [0.1, 0.15) is 21.5 Å². The van der Waals surface area contributed by atoms with E-state index in [0.29, 0.717) is 30.0 Å². The number of carbonyl (C=O) groups is 1. The highest BCUT2D eigenvalue weighted by Gasteiger charge is 2.28. The Morgan fingerprint density at radius 3 is 2.47 bits per heavy atom. The summed E-state index contributed by atoms with van der Waals surface area (Å²) in [6.07, 6.45) is 0.613. The summed E-state index contributed by atoms with van der Waals surface area (Å²) in [7, 11) is -2.10. The summed E-state index contributed by atoms with van der Waals surface area (Å²) in [6.45, 7) is 0.657. The van der Waals surface area contributed by atoms with E-state index in [0.717, 1.165) is 21.9 Å². The van der Waals surface area contributed by atoms with Crippen molar-refractivity contribution in [3.63, 3.8) is 0 Å². The molecule has 0 saturated heterocycles. The second-order valence-electron chi connectivity index (χ2n) is 8.23. The Morgan fingerprint density at radius 2 is 1.68 bits per heavy atom. The lowest BCUT2D eigenvalue weighted by molar-refractivity contribution is 0.102. The monoisotopic (exact) mass is 472 g/mol. The van der Waals surface area contributed by atoms with Gasteiger partial charge in [-0.15, -0.1) is 0 Å². The minimum atomic E-state index is -3.64. The second kappa shape index (κ2) is 8.93. The lowest BCUT2D eigenvalue weighted by atomic mass is 10.00. The number of fused-ring (bicyclic) bond motifs is 2. The molecule has 0 radical (unpaired) electrons. The molecule has 0 atom stereocenters. The van der Waals surface area contributed by atoms with Crippen molar-refractivity contribution in [2.24, 2.45) is 0 Å². The van der Waals surface area contributed by atoms with Crippen molar-refractivity contribution in [2.45, 2.75) is 17.9 Å². The minimum Gasteiger partial charge on any atom is -0.497 e. The van der Waals surface area contributed by atoms with Gasteiger partial charge in [0.25, 0.3) is 5.91 Å². The van der Waals surface area contributed by atoms with E-state index in [2.05, 4.69) is 5.32 Å². The Hall–Kier alpha value is -3.68. The van der Waals surface area contributed by atoms with Crippen molar-refractivity contribution < 1.29 is 17.9 Å². The van der Waals surface area contributed by atoms with Gasteiger partial charge in [0.1, 0.15) is 5.75 Å². The average Bonchev–Trinajstić information content (AvgIpc) is 2.88. The Morgan fingerprint density at radius 1 is 0.912 bits per heavy atom. The van der Waals surface area contributed by atoms with Crippen LogP contribution in [0, 0.1) is 0 Å². The van der Waals surface area contributed by atoms with Gasteiger partial charge < -0.3 is 10.1 Å². The number of carbonyl (C=O) groups excluding carboxylic acids is 1. The summed E-state index contributed by atoms with van der Waals surface area (Å²) in [5, 5.41) is 4.86. The van der Waals surface area contributed by atoms with Crippen LogP contribution >= 0.6 is 0 Å². The topological polar surface area (TPSA) is 75.7 Å². The number of hydrogen-bond acceptors (Lipinski definition) is 4. The summed E-state index contributed by atoms with van der Waals surface area (Å²) in [5.41, 5.74) is 3.21. The third-order valence-corrected chi connectivity index (χ3v) is 8.03. The predicted molar refractivity (Wildman–Crippen MR) is 133 cm³/mol. The molecule has 1 N–H and O–H groups in total. The first-order valence-corrected chi connectivity index (χ1v) is 12.4. The van der Waals surface area contributed by atoms with E-state index in [-0.39, 0.29) is 17.3 Å². The number of nitrogens with zero attached hydrogens (tertiary/aromatic N) is 1. The fourth-order valence-electron chi connectivity index (χ4n) is 4.33. The summed E-state index contributed by atoms with van der Waals surface area (Å²) < 4.78 is 33.0. The molecule has 1 aliphatic heterocycles. The molecule has 6 nitrogen and oxygen atoms in total. The zero-order valence-corrected chi connectivity index (χ0v) is 19.5. The van der Waals surface area contributed by atoms with Crippen LogP contribution in [0.2, 0.25) is 0 Å². The molecule has 0 unspecified atom stereocenters. The van der Waals surface area contributed by atoms with Gasteiger partial charge in [0, 0.05) is 24.3 Å². The van der Waals surface area contributed by atoms with Crippen LogP contribution in [0.4, 0.5) is 5.69 Å². The van der Waals surface area contributed by atoms with Crippen LogP contribution < -0.4 is 10.1 Å². The minimum absolute atomic E-state index is 0.199. The molecule has 4 aromatic carbocycles. The van der Waals surface area contributed by atoms with Crippen LogP contribution in [0.25, 0.3) is 10.8 Å². The number of sulfonamides is 1. The Bertz CT molecular complexity index is 1480. The molecule has 0 fully saturated rings. The molecular weight excluding hydrogens is 448 g/mol. The lowest BCUT2D eigenvalue weighted by Crippen LogP contribution is -2.36. The van der Waals surface area contributed by atoms with Gasteiger partial charge in [0.15, 0.2) is 0 Å². The molecule has 1 heterocycles. The first-order valence-electron chi connectivity index (χ1n) is 11.0. The van der Waals surface area contributed by atoms with E-state index in [4.69, 9.17) is 4.74 Å². The van der Waals surface area contributed by atoms with E-state index < -0.39 is 10.0 Å². The maximum atomic E-state index is 13.2. The molecule has 4 aromatic rings. The molecule has 34 heavy (non-hydrogen) atoms. The third kappa shape index (κ3) is 4.16. The van der Waals surface area contributed by atoms with Gasteiger partial charge in [-0.05, 0) is 70.8 Å². The Labute approximate surface area is 198 Å². The fourth-order valence-corrected chi connectivity index (χ4v) is 5.75. The van der Waals surface area contributed by atoms with E-state index in [1.165, 1.54) is 4.31 Å². The molecule has 172 valence electrons. The van der Waals surface area contributed by atoms with Crippen molar-refractivity contribution in [3.8, 4) is 5.75 Å². The van der Waals surface area contributed by atoms with Gasteiger partial charge in [0.05, 0.1) is 12.0 Å². The smallest absolute Gasteiger partial charge is 0.256 e. The standard InChI is InChI=1S/C27H24N2O4S/c1-33-23-11-13-24(14-12-23)34(31,32)29-16-15-19-9-10-22(17-21(19)18-29)28-27(30)26-8-4-6-20-5-2-3-7-25(20)26/h2-14,17H,15-16,18H2,1H3,(H,28,30). The number of nitrogens with one attached hydrogen (secondary N) is 1. The lowest BCUT2D eigenvalue weighted by Gasteiger charge is -2.28. The largest absolute Gasteiger partial charge is 0.497 e. The summed E-state index contributed by atoms with van der Waals surface area (Å²) in [5.74, 6) is 0.407. The van der Waals surface area contributed by atoms with Crippen molar-refractivity contribution in [1.29, 1.82) is 0 Å². The summed E-state index contributed by atoms with van der Waals surface area (Å²) in [6, 6.07) is 25.5. The number of methoxy groups -OCH3 is 1. The molecule has 5 rings (SSSR count). The number of hydrogen-bond donors (Lipinski definition) is 1. The van der Waals surface area contributed by atoms with E-state index in [9.17, 15) is 13.2 Å². The van der Waals surface area contributed by atoms with Gasteiger partial charge in [0.2, 0.25) is 10.0 Å². The highest BCUT2D eigenvalue weighted by atomic mass is 32.2. The molecular formula is C27H24N2O4S. The Kier molecular flexibility index (Phi) is 5.81. The molecule has 1 aliphatic rings. The fraction of sp³-hybridized carbons (Fsp3) is 0.148. The van der Waals surface area contributed by atoms with Crippen molar-refractivity contribution in [2.75, 3.05) is 19.0 Å². The maximum absolute atomic E-state index is 13.2. The predicted octanol–water partition coefficient (Wildman–Crippen LogP) is 4.85. The van der Waals surface area contributed by atoms with Crippen LogP contribution in [0.5, 0.6) is 5.75 Å². The first-order chi connectivity index (χ1) is 16.5. The quantitative estimate of drug-likeness (QED) is 0.451. The van der Waals surface area contributed by atoms with E-state index >= 15 is 0 Å². The van der Waals surface area contributed by atoms with Crippen LogP contribution in [-0.2, 0) is 23.0 Å². The molecule has 7 heteroatoms. The highest BCUT2D eigenvalue weighted by Crippen LogP contribution is 2.28. The zero-order chi connectivity index (χ0) is 23.7. The summed E-state index contributed by atoms with van der Waals surface area (Å²) >= 11 is 0. The normalized spacial score (nSPS) is 13.9. The van der Waals surface area contributed by atoms with Gasteiger partial charge >= 0.3 is 0 Å². The highest BCUT2D eigenvalue weighted by molar-refractivity contribution is 7.89. The van der Waals surface area contributed by atoms with Crippen LogP contribution in [0.15, 0.2) is 89.8 Å². The number of amides is 1. The van der Waals surface area contributed by atoms with Crippen molar-refractivity contribution in [1.82, 2.24) is 4.31 Å². The van der Waals surface area contributed by atoms with Gasteiger partial charge in [-0.1, -0.05) is 42.5 Å². The van der Waals surface area contributed by atoms with Gasteiger partial charge in [-0.25, -0.2) is 8.42 Å². The number of ether oxygens (including phenoxy) is 1. The zero-order valence-electron chi connectivity index (χ0n) is 18.7. The Balaban J connectivity index is 1.38. The number of benzene rings is 4. The number of rotatable bonds is 5. The SMILES string of the molecule is COc1ccc(S(=O)(=O)N2CCc3ccc(NC(=O)c4cccc5ccccc45)cc3C2)cc1. The third-order valence-electron chi connectivity index (χ3n) is 6.17. The molecule has 0 aliphatic carbocycles.